The lowest BCUT2D eigenvalue weighted by Crippen LogP contribution is -2.42. The Morgan fingerprint density at radius 3 is 2.31 bits per heavy atom. The number of anilines is 1. The lowest BCUT2D eigenvalue weighted by atomic mass is 9.68. The maximum absolute atomic E-state index is 14.3. The van der Waals surface area contributed by atoms with Crippen molar-refractivity contribution in [1.29, 1.82) is 0 Å². The summed E-state index contributed by atoms with van der Waals surface area (Å²) in [6.07, 6.45) is 5.10. The highest BCUT2D eigenvalue weighted by atomic mass is 16.2. The second-order valence-corrected chi connectivity index (χ2v) is 9.80. The van der Waals surface area contributed by atoms with Crippen LogP contribution in [0.3, 0.4) is 0 Å². The van der Waals surface area contributed by atoms with E-state index in [2.05, 4.69) is 29.1 Å². The number of hydrogen-bond donors (Lipinski definition) is 2. The summed E-state index contributed by atoms with van der Waals surface area (Å²) < 4.78 is 1.67. The molecule has 6 heteroatoms. The second kappa shape index (κ2) is 9.11. The van der Waals surface area contributed by atoms with E-state index in [4.69, 9.17) is 4.98 Å². The molecule has 1 heterocycles. The van der Waals surface area contributed by atoms with Crippen LogP contribution in [0.2, 0.25) is 0 Å². The van der Waals surface area contributed by atoms with Gasteiger partial charge < -0.3 is 0 Å². The third kappa shape index (κ3) is 3.88. The Morgan fingerprint density at radius 1 is 0.889 bits per heavy atom. The zero-order chi connectivity index (χ0) is 24.5. The number of hydrogen-bond acceptors (Lipinski definition) is 4. The van der Waals surface area contributed by atoms with Gasteiger partial charge in [0.15, 0.2) is 0 Å². The van der Waals surface area contributed by atoms with Gasteiger partial charge in [0.05, 0.1) is 17.8 Å². The Morgan fingerprint density at radius 2 is 1.56 bits per heavy atom. The Hall–Kier alpha value is -4.19. The van der Waals surface area contributed by atoms with Gasteiger partial charge in [-0.3, -0.25) is 25.0 Å². The number of amides is 1. The molecule has 1 amide bonds. The van der Waals surface area contributed by atoms with Crippen molar-refractivity contribution < 1.29 is 4.79 Å². The number of carbonyl (C=O) groups excluding carboxylic acids is 1. The Labute approximate surface area is 210 Å². The highest BCUT2D eigenvalue weighted by molar-refractivity contribution is 5.94. The normalized spacial score (nSPS) is 15.2. The molecule has 6 nitrogen and oxygen atoms in total. The third-order valence-electron chi connectivity index (χ3n) is 7.57. The number of nitrogens with zero attached hydrogens (tertiary/aromatic N) is 2. The predicted octanol–water partition coefficient (Wildman–Crippen LogP) is 5.08. The van der Waals surface area contributed by atoms with Crippen molar-refractivity contribution >= 4 is 11.9 Å². The molecule has 180 valence electrons. The molecule has 1 aromatic heterocycles. The van der Waals surface area contributed by atoms with Crippen LogP contribution < -0.4 is 16.4 Å². The van der Waals surface area contributed by atoms with E-state index in [9.17, 15) is 9.59 Å². The maximum atomic E-state index is 14.3. The standard InChI is InChI=1S/C30H28N4O2/c35-27(22-13-5-2-6-14-22)32-33-29-31-26-24-16-8-7-15-23(24)19-30(17-9-10-18-30)25(26)28(36)34(29)20-21-11-3-1-4-12-21/h1-8,11-16H,9-10,17-20H2,(H,31,33)(H,32,35). The molecule has 1 saturated carbocycles. The van der Waals surface area contributed by atoms with Crippen molar-refractivity contribution in [3.63, 3.8) is 0 Å². The lowest BCUT2D eigenvalue weighted by Gasteiger charge is -2.36. The van der Waals surface area contributed by atoms with Gasteiger partial charge in [0.25, 0.3) is 11.5 Å². The van der Waals surface area contributed by atoms with Crippen LogP contribution in [0.5, 0.6) is 0 Å². The van der Waals surface area contributed by atoms with E-state index in [0.29, 0.717) is 18.1 Å². The molecule has 2 aliphatic rings. The number of hydrazine groups is 1. The number of benzene rings is 3. The first-order valence-electron chi connectivity index (χ1n) is 12.5. The van der Waals surface area contributed by atoms with Crippen molar-refractivity contribution in [3.8, 4) is 11.3 Å². The van der Waals surface area contributed by atoms with Crippen molar-refractivity contribution in [2.45, 2.75) is 44.1 Å². The quantitative estimate of drug-likeness (QED) is 0.394. The van der Waals surface area contributed by atoms with Crippen LogP contribution in [0.1, 0.15) is 52.7 Å². The van der Waals surface area contributed by atoms with Gasteiger partial charge >= 0.3 is 0 Å². The van der Waals surface area contributed by atoms with Crippen molar-refractivity contribution in [2.24, 2.45) is 0 Å². The summed E-state index contributed by atoms with van der Waals surface area (Å²) in [6, 6.07) is 27.1. The molecule has 0 bridgehead atoms. The molecule has 4 aromatic rings. The second-order valence-electron chi connectivity index (χ2n) is 9.80. The first-order valence-corrected chi connectivity index (χ1v) is 12.5. The minimum Gasteiger partial charge on any atom is -0.273 e. The molecule has 0 unspecified atom stereocenters. The van der Waals surface area contributed by atoms with E-state index in [0.717, 1.165) is 54.5 Å². The van der Waals surface area contributed by atoms with Crippen LogP contribution in [0, 0.1) is 0 Å². The van der Waals surface area contributed by atoms with Crippen molar-refractivity contribution in [1.82, 2.24) is 15.0 Å². The van der Waals surface area contributed by atoms with E-state index in [1.807, 2.05) is 54.6 Å². The SMILES string of the molecule is O=C(NNc1nc2c(c(=O)n1Cc1ccccc1)C1(CCCC1)Cc1ccccc1-2)c1ccccc1. The number of fused-ring (bicyclic) bond motifs is 4. The highest BCUT2D eigenvalue weighted by Gasteiger charge is 2.44. The predicted molar refractivity (Wildman–Crippen MR) is 141 cm³/mol. The molecule has 2 N–H and O–H groups in total. The van der Waals surface area contributed by atoms with E-state index in [1.165, 1.54) is 5.56 Å². The molecule has 36 heavy (non-hydrogen) atoms. The van der Waals surface area contributed by atoms with Gasteiger partial charge in [0.1, 0.15) is 0 Å². The molecule has 3 aromatic carbocycles. The van der Waals surface area contributed by atoms with E-state index < -0.39 is 0 Å². The smallest absolute Gasteiger partial charge is 0.269 e. The van der Waals surface area contributed by atoms with Crippen LogP contribution in [0.25, 0.3) is 11.3 Å². The molecular formula is C30H28N4O2. The van der Waals surface area contributed by atoms with E-state index in [1.54, 1.807) is 16.7 Å². The van der Waals surface area contributed by atoms with Crippen LogP contribution in [-0.4, -0.2) is 15.5 Å². The Balaban J connectivity index is 1.49. The summed E-state index contributed by atoms with van der Waals surface area (Å²) in [7, 11) is 0. The fourth-order valence-corrected chi connectivity index (χ4v) is 5.85. The topological polar surface area (TPSA) is 76.0 Å². The number of nitrogens with one attached hydrogen (secondary N) is 2. The molecule has 1 fully saturated rings. The number of rotatable bonds is 5. The minimum absolute atomic E-state index is 0.0308. The van der Waals surface area contributed by atoms with Gasteiger partial charge in [-0.25, -0.2) is 4.98 Å². The summed E-state index contributed by atoms with van der Waals surface area (Å²) >= 11 is 0. The molecule has 0 radical (unpaired) electrons. The van der Waals surface area contributed by atoms with Crippen LogP contribution in [-0.2, 0) is 18.4 Å². The monoisotopic (exact) mass is 476 g/mol. The number of aromatic nitrogens is 2. The molecule has 1 spiro atoms. The van der Waals surface area contributed by atoms with E-state index >= 15 is 0 Å². The van der Waals surface area contributed by atoms with E-state index in [-0.39, 0.29) is 16.9 Å². The van der Waals surface area contributed by atoms with Crippen molar-refractivity contribution in [2.75, 3.05) is 5.43 Å². The molecule has 0 aliphatic heterocycles. The zero-order valence-electron chi connectivity index (χ0n) is 20.0. The van der Waals surface area contributed by atoms with Gasteiger partial charge in [-0.2, -0.15) is 0 Å². The van der Waals surface area contributed by atoms with Gasteiger partial charge in [-0.1, -0.05) is 85.6 Å². The molecule has 6 rings (SSSR count). The summed E-state index contributed by atoms with van der Waals surface area (Å²) in [5, 5.41) is 0. The first-order chi connectivity index (χ1) is 17.6. The van der Waals surface area contributed by atoms with Crippen LogP contribution >= 0.6 is 0 Å². The fourth-order valence-electron chi connectivity index (χ4n) is 5.85. The van der Waals surface area contributed by atoms with Crippen LogP contribution in [0.15, 0.2) is 89.7 Å². The highest BCUT2D eigenvalue weighted by Crippen LogP contribution is 2.49. The van der Waals surface area contributed by atoms with Gasteiger partial charge in [0.2, 0.25) is 5.95 Å². The minimum atomic E-state index is -0.290. The molecule has 0 saturated heterocycles. The Bertz CT molecular complexity index is 1470. The van der Waals surface area contributed by atoms with Crippen LogP contribution in [0.4, 0.5) is 5.95 Å². The summed E-state index contributed by atoms with van der Waals surface area (Å²) in [5.41, 5.74) is 10.8. The largest absolute Gasteiger partial charge is 0.273 e. The molecular weight excluding hydrogens is 448 g/mol. The molecule has 0 atom stereocenters. The van der Waals surface area contributed by atoms with Gasteiger partial charge in [-0.05, 0) is 42.5 Å². The summed E-state index contributed by atoms with van der Waals surface area (Å²) in [5.74, 6) is 0.0400. The average molecular weight is 477 g/mol. The van der Waals surface area contributed by atoms with Crippen molar-refractivity contribution in [3.05, 3.63) is 118 Å². The van der Waals surface area contributed by atoms with Gasteiger partial charge in [0, 0.05) is 16.5 Å². The lowest BCUT2D eigenvalue weighted by molar-refractivity contribution is 0.0962. The fraction of sp³-hybridized carbons (Fsp3) is 0.233. The maximum Gasteiger partial charge on any atom is 0.269 e. The average Bonchev–Trinajstić information content (AvgIpc) is 3.38. The number of carbonyl (C=O) groups is 1. The summed E-state index contributed by atoms with van der Waals surface area (Å²) in [6.45, 7) is 0.362. The molecule has 2 aliphatic carbocycles. The zero-order valence-corrected chi connectivity index (χ0v) is 20.0. The third-order valence-corrected chi connectivity index (χ3v) is 7.57. The summed E-state index contributed by atoms with van der Waals surface area (Å²) in [4.78, 5) is 32.1. The van der Waals surface area contributed by atoms with Gasteiger partial charge in [-0.15, -0.1) is 0 Å². The Kier molecular flexibility index (Phi) is 5.64. The first kappa shape index (κ1) is 22.3.